The average molecular weight is 212 g/mol. The summed E-state index contributed by atoms with van der Waals surface area (Å²) in [6.07, 6.45) is 1.11. The minimum atomic E-state index is -0.554. The maximum atomic E-state index is 9.42. The van der Waals surface area contributed by atoms with Crippen molar-refractivity contribution in [1.82, 2.24) is 4.98 Å². The fraction of sp³-hybridized carbons (Fsp3) is 0.500. The maximum absolute atomic E-state index is 9.42. The second-order valence-corrected chi connectivity index (χ2v) is 3.04. The summed E-state index contributed by atoms with van der Waals surface area (Å²) in [4.78, 5) is 4.09. The highest BCUT2D eigenvalue weighted by Crippen LogP contribution is 2.19. The molecule has 5 heteroatoms. The summed E-state index contributed by atoms with van der Waals surface area (Å²) in [6, 6.07) is 3.59. The number of ether oxygens (including phenoxy) is 2. The molecule has 84 valence electrons. The molecule has 0 radical (unpaired) electrons. The Labute approximate surface area is 89.0 Å². The smallest absolute Gasteiger partial charge is 0.168 e. The Kier molecular flexibility index (Phi) is 4.86. The van der Waals surface area contributed by atoms with Gasteiger partial charge in [0.05, 0.1) is 19.8 Å². The molecule has 2 N–H and O–H groups in total. The number of hydrogen-bond donors (Lipinski definition) is 2. The topological polar surface area (TPSA) is 63.6 Å². The molecule has 0 aromatic carbocycles. The lowest BCUT2D eigenvalue weighted by Crippen LogP contribution is -2.24. The summed E-state index contributed by atoms with van der Waals surface area (Å²) in [5.74, 6) is 1.28. The van der Waals surface area contributed by atoms with E-state index in [1.54, 1.807) is 32.5 Å². The first-order valence-corrected chi connectivity index (χ1v) is 4.67. The van der Waals surface area contributed by atoms with Gasteiger partial charge in [0.15, 0.2) is 11.6 Å². The summed E-state index contributed by atoms with van der Waals surface area (Å²) >= 11 is 0. The van der Waals surface area contributed by atoms with Gasteiger partial charge in [-0.15, -0.1) is 0 Å². The van der Waals surface area contributed by atoms with Crippen molar-refractivity contribution in [2.45, 2.75) is 6.10 Å². The molecule has 5 nitrogen and oxygen atoms in total. The number of methoxy groups -OCH3 is 2. The molecule has 1 atom stereocenters. The Morgan fingerprint density at radius 1 is 1.53 bits per heavy atom. The van der Waals surface area contributed by atoms with Gasteiger partial charge >= 0.3 is 0 Å². The molecule has 0 saturated heterocycles. The first-order valence-electron chi connectivity index (χ1n) is 4.67. The second kappa shape index (κ2) is 6.21. The first-order chi connectivity index (χ1) is 7.27. The van der Waals surface area contributed by atoms with Gasteiger partial charge in [0.25, 0.3) is 0 Å². The lowest BCUT2D eigenvalue weighted by Gasteiger charge is -2.13. The largest absolute Gasteiger partial charge is 0.493 e. The highest BCUT2D eigenvalue weighted by atomic mass is 16.5. The monoisotopic (exact) mass is 212 g/mol. The Bertz CT molecular complexity index is 294. The number of aliphatic hydroxyl groups excluding tert-OH is 1. The first kappa shape index (κ1) is 11.7. The van der Waals surface area contributed by atoms with Crippen LogP contribution in [0, 0.1) is 0 Å². The number of nitrogens with zero attached hydrogens (tertiary/aromatic N) is 1. The van der Waals surface area contributed by atoms with Gasteiger partial charge in [-0.25, -0.2) is 4.98 Å². The van der Waals surface area contributed by atoms with Crippen molar-refractivity contribution in [3.8, 4) is 5.75 Å². The fourth-order valence-electron chi connectivity index (χ4n) is 1.15. The molecule has 0 aliphatic heterocycles. The van der Waals surface area contributed by atoms with E-state index >= 15 is 0 Å². The molecular formula is C10H16N2O3. The zero-order valence-electron chi connectivity index (χ0n) is 8.93. The van der Waals surface area contributed by atoms with Crippen LogP contribution in [0.25, 0.3) is 0 Å². The molecule has 1 unspecified atom stereocenters. The highest BCUT2D eigenvalue weighted by molar-refractivity contribution is 5.49. The van der Waals surface area contributed by atoms with Crippen LogP contribution in [0.5, 0.6) is 5.75 Å². The molecule has 0 spiro atoms. The van der Waals surface area contributed by atoms with Crippen molar-refractivity contribution in [3.63, 3.8) is 0 Å². The summed E-state index contributed by atoms with van der Waals surface area (Å²) in [7, 11) is 3.12. The normalized spacial score (nSPS) is 12.2. The number of aromatic nitrogens is 1. The van der Waals surface area contributed by atoms with E-state index < -0.39 is 6.10 Å². The number of hydrogen-bond acceptors (Lipinski definition) is 5. The molecule has 0 amide bonds. The lowest BCUT2D eigenvalue weighted by molar-refractivity contribution is 0.0727. The minimum absolute atomic E-state index is 0.294. The molecule has 15 heavy (non-hydrogen) atoms. The van der Waals surface area contributed by atoms with Gasteiger partial charge < -0.3 is 19.9 Å². The lowest BCUT2D eigenvalue weighted by atomic mass is 10.3. The van der Waals surface area contributed by atoms with Gasteiger partial charge in [-0.05, 0) is 12.1 Å². The summed E-state index contributed by atoms with van der Waals surface area (Å²) < 4.78 is 9.91. The quantitative estimate of drug-likeness (QED) is 0.719. The zero-order chi connectivity index (χ0) is 11.1. The van der Waals surface area contributed by atoms with Gasteiger partial charge in [0, 0.05) is 19.9 Å². The van der Waals surface area contributed by atoms with Crippen LogP contribution in [0.3, 0.4) is 0 Å². The molecule has 1 aromatic heterocycles. The van der Waals surface area contributed by atoms with E-state index in [9.17, 15) is 5.11 Å². The zero-order valence-corrected chi connectivity index (χ0v) is 8.93. The highest BCUT2D eigenvalue weighted by Gasteiger charge is 2.06. The van der Waals surface area contributed by atoms with E-state index in [1.165, 1.54) is 0 Å². The third-order valence-electron chi connectivity index (χ3n) is 1.85. The van der Waals surface area contributed by atoms with Crippen molar-refractivity contribution in [2.24, 2.45) is 0 Å². The number of anilines is 1. The number of pyridine rings is 1. The average Bonchev–Trinajstić information content (AvgIpc) is 2.27. The van der Waals surface area contributed by atoms with Crippen LogP contribution in [0.4, 0.5) is 5.82 Å². The van der Waals surface area contributed by atoms with Crippen LogP contribution in [0.2, 0.25) is 0 Å². The van der Waals surface area contributed by atoms with Crippen LogP contribution in [0.15, 0.2) is 18.3 Å². The molecule has 1 heterocycles. The summed E-state index contributed by atoms with van der Waals surface area (Å²) in [5.41, 5.74) is 0. The van der Waals surface area contributed by atoms with Gasteiger partial charge in [-0.3, -0.25) is 0 Å². The maximum Gasteiger partial charge on any atom is 0.168 e. The van der Waals surface area contributed by atoms with E-state index in [4.69, 9.17) is 9.47 Å². The molecule has 0 saturated carbocycles. The Morgan fingerprint density at radius 3 is 3.00 bits per heavy atom. The Hall–Kier alpha value is -1.33. The predicted octanol–water partition coefficient (Wildman–Crippen LogP) is 0.509. The van der Waals surface area contributed by atoms with E-state index in [2.05, 4.69) is 10.3 Å². The molecule has 0 aliphatic carbocycles. The number of aliphatic hydroxyl groups is 1. The van der Waals surface area contributed by atoms with Crippen LogP contribution >= 0.6 is 0 Å². The molecular weight excluding hydrogens is 196 g/mol. The van der Waals surface area contributed by atoms with Crippen LogP contribution in [0.1, 0.15) is 0 Å². The van der Waals surface area contributed by atoms with E-state index in [0.29, 0.717) is 24.7 Å². The van der Waals surface area contributed by atoms with Gasteiger partial charge in [0.2, 0.25) is 0 Å². The fourth-order valence-corrected chi connectivity index (χ4v) is 1.15. The van der Waals surface area contributed by atoms with E-state index in [0.717, 1.165) is 0 Å². The van der Waals surface area contributed by atoms with Gasteiger partial charge in [0.1, 0.15) is 0 Å². The predicted molar refractivity (Wildman–Crippen MR) is 57.2 cm³/mol. The number of nitrogens with one attached hydrogen (secondary N) is 1. The molecule has 0 bridgehead atoms. The molecule has 0 fully saturated rings. The Balaban J connectivity index is 2.49. The van der Waals surface area contributed by atoms with Crippen molar-refractivity contribution >= 4 is 5.82 Å². The second-order valence-electron chi connectivity index (χ2n) is 3.04. The van der Waals surface area contributed by atoms with Crippen molar-refractivity contribution in [2.75, 3.05) is 32.7 Å². The Morgan fingerprint density at radius 2 is 2.33 bits per heavy atom. The standard InChI is InChI=1S/C10H16N2O3/c1-14-7-8(13)6-12-10-9(15-2)4-3-5-11-10/h3-5,8,13H,6-7H2,1-2H3,(H,11,12). The van der Waals surface area contributed by atoms with Crippen LogP contribution in [-0.4, -0.2) is 43.6 Å². The summed E-state index contributed by atoms with van der Waals surface area (Å²) in [5, 5.41) is 12.4. The van der Waals surface area contributed by atoms with Crippen molar-refractivity contribution in [3.05, 3.63) is 18.3 Å². The van der Waals surface area contributed by atoms with Crippen molar-refractivity contribution < 1.29 is 14.6 Å². The van der Waals surface area contributed by atoms with Crippen molar-refractivity contribution in [1.29, 1.82) is 0 Å². The molecule has 0 aliphatic rings. The number of rotatable bonds is 6. The molecule has 1 aromatic rings. The molecule has 1 rings (SSSR count). The summed E-state index contributed by atoms with van der Waals surface area (Å²) in [6.45, 7) is 0.670. The van der Waals surface area contributed by atoms with Gasteiger partial charge in [-0.2, -0.15) is 0 Å². The van der Waals surface area contributed by atoms with Crippen LogP contribution < -0.4 is 10.1 Å². The van der Waals surface area contributed by atoms with Crippen LogP contribution in [-0.2, 0) is 4.74 Å². The SMILES string of the molecule is COCC(O)CNc1ncccc1OC. The minimum Gasteiger partial charge on any atom is -0.493 e. The van der Waals surface area contributed by atoms with E-state index in [-0.39, 0.29) is 0 Å². The van der Waals surface area contributed by atoms with E-state index in [1.807, 2.05) is 0 Å². The van der Waals surface area contributed by atoms with Gasteiger partial charge in [-0.1, -0.05) is 0 Å². The third kappa shape index (κ3) is 3.73. The third-order valence-corrected chi connectivity index (χ3v) is 1.85.